The summed E-state index contributed by atoms with van der Waals surface area (Å²) < 4.78 is 0. The number of aromatic amines is 1. The van der Waals surface area contributed by atoms with E-state index in [4.69, 9.17) is 0 Å². The fourth-order valence-corrected chi connectivity index (χ4v) is 1.06. The third-order valence-corrected chi connectivity index (χ3v) is 1.69. The van der Waals surface area contributed by atoms with Crippen LogP contribution in [0.3, 0.4) is 0 Å². The molecule has 0 aliphatic carbocycles. The van der Waals surface area contributed by atoms with Crippen molar-refractivity contribution in [2.75, 3.05) is 0 Å². The highest BCUT2D eigenvalue weighted by Gasteiger charge is 2.03. The van der Waals surface area contributed by atoms with Gasteiger partial charge in [0.15, 0.2) is 0 Å². The lowest BCUT2D eigenvalue weighted by Gasteiger charge is -1.98. The van der Waals surface area contributed by atoms with Gasteiger partial charge in [0.1, 0.15) is 11.6 Å². The number of ketones is 1. The third kappa shape index (κ3) is 2.82. The summed E-state index contributed by atoms with van der Waals surface area (Å²) in [5.74, 6) is 0.643. The molecule has 0 bridgehead atoms. The molecular weight excluding hydrogens is 168 g/mol. The Morgan fingerprint density at radius 1 is 1.62 bits per heavy atom. The minimum Gasteiger partial charge on any atom is -0.311 e. The number of carbonyl (C=O) groups excluding carboxylic acids is 1. The number of nitrogens with one attached hydrogen (secondary N) is 1. The zero-order chi connectivity index (χ0) is 9.84. The van der Waals surface area contributed by atoms with Crippen LogP contribution in [-0.2, 0) is 11.2 Å². The second-order valence-corrected chi connectivity index (χ2v) is 2.89. The Bertz CT molecular complexity index is 368. The number of hydrogen-bond acceptors (Lipinski definition) is 3. The van der Waals surface area contributed by atoms with Crippen LogP contribution in [0, 0.1) is 6.92 Å². The maximum Gasteiger partial charge on any atom is 0.251 e. The van der Waals surface area contributed by atoms with Gasteiger partial charge in [0.2, 0.25) is 0 Å². The molecule has 1 N–H and O–H groups in total. The van der Waals surface area contributed by atoms with Gasteiger partial charge >= 0.3 is 0 Å². The Labute approximate surface area is 76.0 Å². The highest BCUT2D eigenvalue weighted by Crippen LogP contribution is 1.95. The van der Waals surface area contributed by atoms with Crippen molar-refractivity contribution in [1.29, 1.82) is 0 Å². The summed E-state index contributed by atoms with van der Waals surface area (Å²) in [4.78, 5) is 28.6. The fraction of sp³-hybridized carbons (Fsp3) is 0.444. The molecule has 0 aromatic carbocycles. The SMILES string of the molecule is CCC(=O)Cc1cc(=O)[nH]c(C)n1. The van der Waals surface area contributed by atoms with E-state index in [1.807, 2.05) is 0 Å². The van der Waals surface area contributed by atoms with Crippen LogP contribution in [0.1, 0.15) is 24.9 Å². The van der Waals surface area contributed by atoms with Gasteiger partial charge in [-0.05, 0) is 6.92 Å². The molecule has 0 saturated carbocycles. The smallest absolute Gasteiger partial charge is 0.251 e. The van der Waals surface area contributed by atoms with E-state index >= 15 is 0 Å². The summed E-state index contributed by atoms with van der Waals surface area (Å²) in [6, 6.07) is 1.36. The minimum absolute atomic E-state index is 0.0949. The Morgan fingerprint density at radius 3 is 2.85 bits per heavy atom. The van der Waals surface area contributed by atoms with Crippen LogP contribution in [0.15, 0.2) is 10.9 Å². The number of H-pyrrole nitrogens is 1. The van der Waals surface area contributed by atoms with Crippen LogP contribution in [0.2, 0.25) is 0 Å². The van der Waals surface area contributed by atoms with E-state index in [0.29, 0.717) is 17.9 Å². The van der Waals surface area contributed by atoms with Gasteiger partial charge in [-0.2, -0.15) is 0 Å². The summed E-state index contributed by atoms with van der Waals surface area (Å²) in [5, 5.41) is 0. The van der Waals surface area contributed by atoms with Gasteiger partial charge in [0, 0.05) is 18.9 Å². The molecule has 0 unspecified atom stereocenters. The highest BCUT2D eigenvalue weighted by molar-refractivity contribution is 5.80. The van der Waals surface area contributed by atoms with E-state index in [1.165, 1.54) is 6.07 Å². The first-order valence-electron chi connectivity index (χ1n) is 4.20. The summed E-state index contributed by atoms with van der Waals surface area (Å²) in [6.45, 7) is 3.49. The molecule has 13 heavy (non-hydrogen) atoms. The van der Waals surface area contributed by atoms with E-state index in [2.05, 4.69) is 9.97 Å². The van der Waals surface area contributed by atoms with Crippen LogP contribution < -0.4 is 5.56 Å². The summed E-state index contributed by atoms with van der Waals surface area (Å²) in [5.41, 5.74) is 0.347. The van der Waals surface area contributed by atoms with Crippen molar-refractivity contribution in [3.05, 3.63) is 27.9 Å². The zero-order valence-electron chi connectivity index (χ0n) is 7.76. The number of hydrogen-bond donors (Lipinski definition) is 1. The van der Waals surface area contributed by atoms with Crippen molar-refractivity contribution in [2.45, 2.75) is 26.7 Å². The molecule has 4 nitrogen and oxygen atoms in total. The monoisotopic (exact) mass is 180 g/mol. The molecule has 1 heterocycles. The lowest BCUT2D eigenvalue weighted by molar-refractivity contribution is -0.118. The lowest BCUT2D eigenvalue weighted by atomic mass is 10.2. The Kier molecular flexibility index (Phi) is 2.95. The number of carbonyl (C=O) groups is 1. The van der Waals surface area contributed by atoms with Gasteiger partial charge in [-0.15, -0.1) is 0 Å². The van der Waals surface area contributed by atoms with Gasteiger partial charge in [-0.1, -0.05) is 6.92 Å². The molecule has 1 aromatic rings. The summed E-state index contributed by atoms with van der Waals surface area (Å²) in [6.07, 6.45) is 0.731. The summed E-state index contributed by atoms with van der Waals surface area (Å²) >= 11 is 0. The zero-order valence-corrected chi connectivity index (χ0v) is 7.76. The van der Waals surface area contributed by atoms with Crippen LogP contribution in [-0.4, -0.2) is 15.8 Å². The number of aromatic nitrogens is 2. The van der Waals surface area contributed by atoms with Crippen molar-refractivity contribution in [2.24, 2.45) is 0 Å². The van der Waals surface area contributed by atoms with Crippen LogP contribution in [0.25, 0.3) is 0 Å². The third-order valence-electron chi connectivity index (χ3n) is 1.69. The molecule has 0 spiro atoms. The quantitative estimate of drug-likeness (QED) is 0.740. The van der Waals surface area contributed by atoms with Crippen molar-refractivity contribution in [3.63, 3.8) is 0 Å². The normalized spacial score (nSPS) is 10.0. The first kappa shape index (κ1) is 9.64. The van der Waals surface area contributed by atoms with Crippen molar-refractivity contribution < 1.29 is 4.79 Å². The van der Waals surface area contributed by atoms with Gasteiger partial charge in [-0.25, -0.2) is 4.98 Å². The molecule has 0 saturated heterocycles. The molecule has 0 aliphatic heterocycles. The second kappa shape index (κ2) is 3.98. The maximum absolute atomic E-state index is 11.1. The Hall–Kier alpha value is -1.45. The first-order valence-corrected chi connectivity index (χ1v) is 4.20. The lowest BCUT2D eigenvalue weighted by Crippen LogP contribution is -2.13. The van der Waals surface area contributed by atoms with Crippen molar-refractivity contribution in [3.8, 4) is 0 Å². The molecule has 4 heteroatoms. The van der Waals surface area contributed by atoms with E-state index in [9.17, 15) is 9.59 Å². The maximum atomic E-state index is 11.1. The molecule has 0 aliphatic rings. The number of nitrogens with zero attached hydrogens (tertiary/aromatic N) is 1. The Morgan fingerprint density at radius 2 is 2.31 bits per heavy atom. The van der Waals surface area contributed by atoms with Gasteiger partial charge in [-0.3, -0.25) is 9.59 Å². The minimum atomic E-state index is -0.202. The molecule has 0 fully saturated rings. The molecular formula is C9H12N2O2. The van der Waals surface area contributed by atoms with Crippen molar-refractivity contribution in [1.82, 2.24) is 9.97 Å². The molecule has 0 radical (unpaired) electrons. The Balaban J connectivity index is 2.89. The van der Waals surface area contributed by atoms with Gasteiger partial charge in [0.05, 0.1) is 5.69 Å². The topological polar surface area (TPSA) is 62.8 Å². The van der Waals surface area contributed by atoms with E-state index < -0.39 is 0 Å². The molecule has 0 amide bonds. The highest BCUT2D eigenvalue weighted by atomic mass is 16.1. The van der Waals surface area contributed by atoms with Crippen LogP contribution in [0.4, 0.5) is 0 Å². The number of Topliss-reactive ketones (excluding diaryl/α,β-unsaturated/α-hetero) is 1. The number of aryl methyl sites for hydroxylation is 1. The second-order valence-electron chi connectivity index (χ2n) is 2.89. The summed E-state index contributed by atoms with van der Waals surface area (Å²) in [7, 11) is 0. The van der Waals surface area contributed by atoms with Crippen LogP contribution >= 0.6 is 0 Å². The average Bonchev–Trinajstić information content (AvgIpc) is 2.02. The number of rotatable bonds is 3. The first-order chi connectivity index (χ1) is 6.11. The molecule has 0 atom stereocenters. The van der Waals surface area contributed by atoms with Crippen molar-refractivity contribution >= 4 is 5.78 Å². The van der Waals surface area contributed by atoms with E-state index in [0.717, 1.165) is 0 Å². The fourth-order valence-electron chi connectivity index (χ4n) is 1.06. The predicted octanol–water partition coefficient (Wildman–Crippen LogP) is 0.600. The average molecular weight is 180 g/mol. The van der Waals surface area contributed by atoms with Crippen LogP contribution in [0.5, 0.6) is 0 Å². The largest absolute Gasteiger partial charge is 0.311 e. The molecule has 1 aromatic heterocycles. The standard InChI is InChI=1S/C9H12N2O2/c1-3-8(12)4-7-5-9(13)11-6(2)10-7/h5H,3-4H2,1-2H3,(H,10,11,13). The van der Waals surface area contributed by atoms with Gasteiger partial charge in [0.25, 0.3) is 5.56 Å². The van der Waals surface area contributed by atoms with Gasteiger partial charge < -0.3 is 4.98 Å². The molecule has 70 valence electrons. The van der Waals surface area contributed by atoms with E-state index in [1.54, 1.807) is 13.8 Å². The van der Waals surface area contributed by atoms with E-state index in [-0.39, 0.29) is 17.8 Å². The predicted molar refractivity (Wildman–Crippen MR) is 48.6 cm³/mol. The molecule has 1 rings (SSSR count).